The summed E-state index contributed by atoms with van der Waals surface area (Å²) in [6.07, 6.45) is 1.19. The van der Waals surface area contributed by atoms with Crippen molar-refractivity contribution < 1.29 is 0 Å². The molecule has 3 heteroatoms. The van der Waals surface area contributed by atoms with Gasteiger partial charge in [0.1, 0.15) is 0 Å². The molecule has 19 heavy (non-hydrogen) atoms. The van der Waals surface area contributed by atoms with Crippen LogP contribution in [0, 0.1) is 0 Å². The predicted molar refractivity (Wildman–Crippen MR) is 82.1 cm³/mol. The quantitative estimate of drug-likeness (QED) is 0.843. The molecule has 0 aromatic heterocycles. The van der Waals surface area contributed by atoms with Crippen LogP contribution in [-0.2, 0) is 0 Å². The van der Waals surface area contributed by atoms with Crippen LogP contribution in [0.2, 0.25) is 10.0 Å². The van der Waals surface area contributed by atoms with Crippen molar-refractivity contribution in [2.45, 2.75) is 12.3 Å². The third-order valence-electron chi connectivity index (χ3n) is 3.67. The van der Waals surface area contributed by atoms with Gasteiger partial charge in [-0.05, 0) is 42.1 Å². The molecule has 1 aliphatic heterocycles. The lowest BCUT2D eigenvalue weighted by molar-refractivity contribution is 0.764. The maximum atomic E-state index is 6.28. The predicted octanol–water partition coefficient (Wildman–Crippen LogP) is 4.74. The van der Waals surface area contributed by atoms with Crippen LogP contribution in [-0.4, -0.2) is 13.1 Å². The van der Waals surface area contributed by atoms with Crippen molar-refractivity contribution in [2.24, 2.45) is 0 Å². The van der Waals surface area contributed by atoms with Gasteiger partial charge in [0.2, 0.25) is 0 Å². The maximum Gasteiger partial charge on any atom is 0.0499 e. The van der Waals surface area contributed by atoms with E-state index in [1.54, 1.807) is 0 Å². The molecule has 1 unspecified atom stereocenters. The summed E-state index contributed by atoms with van der Waals surface area (Å²) in [6, 6.07) is 14.2. The summed E-state index contributed by atoms with van der Waals surface area (Å²) in [4.78, 5) is 0. The first-order valence-electron chi connectivity index (χ1n) is 6.51. The zero-order chi connectivity index (χ0) is 13.2. The number of benzene rings is 2. The molecule has 0 bridgehead atoms. The van der Waals surface area contributed by atoms with Crippen LogP contribution in [0.15, 0.2) is 42.5 Å². The third-order valence-corrected chi connectivity index (χ3v) is 4.30. The molecule has 2 aromatic carbocycles. The Morgan fingerprint density at radius 2 is 1.74 bits per heavy atom. The molecular weight excluding hydrogens is 277 g/mol. The second kappa shape index (κ2) is 5.54. The molecule has 1 saturated heterocycles. The molecule has 0 aliphatic carbocycles. The van der Waals surface area contributed by atoms with Gasteiger partial charge < -0.3 is 5.32 Å². The van der Waals surface area contributed by atoms with Gasteiger partial charge in [0.25, 0.3) is 0 Å². The Balaban J connectivity index is 2.03. The van der Waals surface area contributed by atoms with E-state index in [0.717, 1.165) is 24.2 Å². The lowest BCUT2D eigenvalue weighted by Crippen LogP contribution is -2.07. The molecule has 0 saturated carbocycles. The molecule has 3 rings (SSSR count). The molecule has 0 amide bonds. The Kier molecular flexibility index (Phi) is 3.79. The van der Waals surface area contributed by atoms with Crippen LogP contribution in [0.5, 0.6) is 0 Å². The highest BCUT2D eigenvalue weighted by Crippen LogP contribution is 2.36. The van der Waals surface area contributed by atoms with Crippen molar-refractivity contribution in [1.82, 2.24) is 5.32 Å². The molecule has 1 heterocycles. The van der Waals surface area contributed by atoms with E-state index in [9.17, 15) is 0 Å². The summed E-state index contributed by atoms with van der Waals surface area (Å²) in [7, 11) is 0. The fourth-order valence-electron chi connectivity index (χ4n) is 2.66. The van der Waals surface area contributed by atoms with E-state index in [4.69, 9.17) is 23.2 Å². The molecule has 0 spiro atoms. The first kappa shape index (κ1) is 13.0. The zero-order valence-corrected chi connectivity index (χ0v) is 12.0. The fraction of sp³-hybridized carbons (Fsp3) is 0.250. The topological polar surface area (TPSA) is 12.0 Å². The van der Waals surface area contributed by atoms with E-state index >= 15 is 0 Å². The molecule has 1 atom stereocenters. The summed E-state index contributed by atoms with van der Waals surface area (Å²) < 4.78 is 0. The molecular formula is C16H15Cl2N. The van der Waals surface area contributed by atoms with Crippen LogP contribution < -0.4 is 5.32 Å². The Bertz CT molecular complexity index is 569. The second-order valence-corrected chi connectivity index (χ2v) is 5.73. The van der Waals surface area contributed by atoms with E-state index in [-0.39, 0.29) is 0 Å². The molecule has 1 nitrogen and oxygen atoms in total. The molecule has 0 radical (unpaired) electrons. The van der Waals surface area contributed by atoms with Gasteiger partial charge >= 0.3 is 0 Å². The molecule has 1 N–H and O–H groups in total. The summed E-state index contributed by atoms with van der Waals surface area (Å²) in [5.74, 6) is 0.598. The van der Waals surface area contributed by atoms with Crippen molar-refractivity contribution in [3.05, 3.63) is 58.1 Å². The van der Waals surface area contributed by atoms with Crippen molar-refractivity contribution in [3.8, 4) is 11.1 Å². The van der Waals surface area contributed by atoms with Gasteiger partial charge in [-0.2, -0.15) is 0 Å². The monoisotopic (exact) mass is 291 g/mol. The van der Waals surface area contributed by atoms with E-state index in [0.29, 0.717) is 16.0 Å². The number of hydrogen-bond acceptors (Lipinski definition) is 1. The largest absolute Gasteiger partial charge is 0.316 e. The number of halogens is 2. The van der Waals surface area contributed by atoms with Crippen molar-refractivity contribution in [1.29, 1.82) is 0 Å². The van der Waals surface area contributed by atoms with Gasteiger partial charge in [-0.15, -0.1) is 0 Å². The number of hydrogen-bond donors (Lipinski definition) is 1. The Morgan fingerprint density at radius 1 is 1.00 bits per heavy atom. The van der Waals surface area contributed by atoms with E-state index in [2.05, 4.69) is 29.6 Å². The SMILES string of the molecule is Clc1cccc(Cl)c1-c1cccc(C2CCNC2)c1. The van der Waals surface area contributed by atoms with E-state index < -0.39 is 0 Å². The highest BCUT2D eigenvalue weighted by molar-refractivity contribution is 6.39. The van der Waals surface area contributed by atoms with Crippen LogP contribution >= 0.6 is 23.2 Å². The van der Waals surface area contributed by atoms with Crippen molar-refractivity contribution in [3.63, 3.8) is 0 Å². The van der Waals surface area contributed by atoms with Crippen LogP contribution in [0.4, 0.5) is 0 Å². The van der Waals surface area contributed by atoms with Gasteiger partial charge in [0, 0.05) is 22.2 Å². The Labute approximate surface area is 123 Å². The average molecular weight is 292 g/mol. The highest BCUT2D eigenvalue weighted by atomic mass is 35.5. The summed E-state index contributed by atoms with van der Waals surface area (Å²) in [5, 5.41) is 4.81. The second-order valence-electron chi connectivity index (χ2n) is 4.91. The van der Waals surface area contributed by atoms with Gasteiger partial charge in [-0.3, -0.25) is 0 Å². The molecule has 1 fully saturated rings. The summed E-state index contributed by atoms with van der Waals surface area (Å²) >= 11 is 12.6. The fourth-order valence-corrected chi connectivity index (χ4v) is 3.28. The van der Waals surface area contributed by atoms with Crippen molar-refractivity contribution in [2.75, 3.05) is 13.1 Å². The normalized spacial score (nSPS) is 18.7. The van der Waals surface area contributed by atoms with Gasteiger partial charge in [0.15, 0.2) is 0 Å². The minimum atomic E-state index is 0.598. The Hall–Kier alpha value is -1.02. The minimum Gasteiger partial charge on any atom is -0.316 e. The standard InChI is InChI=1S/C16H15Cl2N/c17-14-5-2-6-15(18)16(14)12-4-1-3-11(9-12)13-7-8-19-10-13/h1-6,9,13,19H,7-8,10H2. The van der Waals surface area contributed by atoms with E-state index in [1.807, 2.05) is 18.2 Å². The molecule has 1 aliphatic rings. The van der Waals surface area contributed by atoms with Crippen LogP contribution in [0.3, 0.4) is 0 Å². The number of nitrogens with one attached hydrogen (secondary N) is 1. The average Bonchev–Trinajstić information content (AvgIpc) is 2.93. The van der Waals surface area contributed by atoms with Gasteiger partial charge in [-0.25, -0.2) is 0 Å². The highest BCUT2D eigenvalue weighted by Gasteiger charge is 2.17. The first-order chi connectivity index (χ1) is 9.25. The zero-order valence-electron chi connectivity index (χ0n) is 10.5. The number of rotatable bonds is 2. The Morgan fingerprint density at radius 3 is 2.42 bits per heavy atom. The molecule has 2 aromatic rings. The van der Waals surface area contributed by atoms with E-state index in [1.165, 1.54) is 12.0 Å². The third kappa shape index (κ3) is 2.64. The maximum absolute atomic E-state index is 6.28. The van der Waals surface area contributed by atoms with Crippen molar-refractivity contribution >= 4 is 23.2 Å². The summed E-state index contributed by atoms with van der Waals surface area (Å²) in [6.45, 7) is 2.15. The van der Waals surface area contributed by atoms with Crippen LogP contribution in [0.1, 0.15) is 17.9 Å². The molecule has 98 valence electrons. The van der Waals surface area contributed by atoms with Crippen LogP contribution in [0.25, 0.3) is 11.1 Å². The smallest absolute Gasteiger partial charge is 0.0499 e. The first-order valence-corrected chi connectivity index (χ1v) is 7.26. The summed E-state index contributed by atoms with van der Waals surface area (Å²) in [5.41, 5.74) is 3.39. The minimum absolute atomic E-state index is 0.598. The lowest BCUT2D eigenvalue weighted by Gasteiger charge is -2.12. The van der Waals surface area contributed by atoms with Gasteiger partial charge in [0.05, 0.1) is 0 Å². The lowest BCUT2D eigenvalue weighted by atomic mass is 9.94. The van der Waals surface area contributed by atoms with Gasteiger partial charge in [-0.1, -0.05) is 53.5 Å².